The van der Waals surface area contributed by atoms with Gasteiger partial charge in [0.25, 0.3) is 0 Å². The van der Waals surface area contributed by atoms with E-state index in [-0.39, 0.29) is 6.10 Å². The Balaban J connectivity index is 1.66. The van der Waals surface area contributed by atoms with Gasteiger partial charge in [0.05, 0.1) is 6.61 Å². The van der Waals surface area contributed by atoms with Gasteiger partial charge in [-0.25, -0.2) is 0 Å². The lowest BCUT2D eigenvalue weighted by atomic mass is 9.91. The number of fused-ring (bicyclic) bond motifs is 2. The number of halogens is 1. The second kappa shape index (κ2) is 5.86. The van der Waals surface area contributed by atoms with E-state index in [1.165, 1.54) is 22.3 Å². The van der Waals surface area contributed by atoms with E-state index < -0.39 is 0 Å². The van der Waals surface area contributed by atoms with Crippen LogP contribution in [-0.4, -0.2) is 6.61 Å². The first kappa shape index (κ1) is 15.1. The predicted molar refractivity (Wildman–Crippen MR) is 95.5 cm³/mol. The maximum atomic E-state index is 6.35. The molecule has 2 aliphatic heterocycles. The maximum absolute atomic E-state index is 6.35. The zero-order chi connectivity index (χ0) is 16.0. The van der Waals surface area contributed by atoms with Crippen molar-refractivity contribution < 1.29 is 9.47 Å². The average molecular weight is 373 g/mol. The Labute approximate surface area is 145 Å². The molecule has 0 fully saturated rings. The van der Waals surface area contributed by atoms with Gasteiger partial charge in [-0.2, -0.15) is 0 Å². The molecule has 0 radical (unpaired) electrons. The molecule has 2 nitrogen and oxygen atoms in total. The van der Waals surface area contributed by atoms with Crippen molar-refractivity contribution in [3.8, 4) is 11.5 Å². The van der Waals surface area contributed by atoms with Crippen LogP contribution in [0.5, 0.6) is 11.5 Å². The summed E-state index contributed by atoms with van der Waals surface area (Å²) in [6.45, 7) is 5.19. The van der Waals surface area contributed by atoms with Crippen molar-refractivity contribution in [3.63, 3.8) is 0 Å². The molecule has 2 aliphatic rings. The molecule has 0 amide bonds. The highest BCUT2D eigenvalue weighted by Gasteiger charge is 2.29. The van der Waals surface area contributed by atoms with Crippen LogP contribution in [0.2, 0.25) is 0 Å². The van der Waals surface area contributed by atoms with E-state index in [0.29, 0.717) is 5.92 Å². The first-order valence-electron chi connectivity index (χ1n) is 8.38. The van der Waals surface area contributed by atoms with Crippen molar-refractivity contribution in [1.82, 2.24) is 0 Å². The Morgan fingerprint density at radius 1 is 1.13 bits per heavy atom. The van der Waals surface area contributed by atoms with Crippen LogP contribution in [0.4, 0.5) is 0 Å². The van der Waals surface area contributed by atoms with Crippen molar-refractivity contribution in [2.75, 3.05) is 6.61 Å². The first-order chi connectivity index (χ1) is 11.2. The highest BCUT2D eigenvalue weighted by molar-refractivity contribution is 9.10. The van der Waals surface area contributed by atoms with E-state index in [1.54, 1.807) is 0 Å². The Morgan fingerprint density at radius 3 is 2.83 bits per heavy atom. The van der Waals surface area contributed by atoms with Crippen molar-refractivity contribution in [2.24, 2.45) is 0 Å². The summed E-state index contributed by atoms with van der Waals surface area (Å²) in [5.74, 6) is 2.55. The zero-order valence-corrected chi connectivity index (χ0v) is 15.2. The summed E-state index contributed by atoms with van der Waals surface area (Å²) in [5.41, 5.74) is 5.26. The van der Waals surface area contributed by atoms with E-state index in [9.17, 15) is 0 Å². The summed E-state index contributed by atoms with van der Waals surface area (Å²) in [6.07, 6.45) is 3.35. The molecule has 2 heterocycles. The van der Waals surface area contributed by atoms with Crippen LogP contribution in [-0.2, 0) is 6.42 Å². The molecule has 0 aliphatic carbocycles. The van der Waals surface area contributed by atoms with Crippen molar-refractivity contribution in [1.29, 1.82) is 0 Å². The van der Waals surface area contributed by atoms with Gasteiger partial charge in [0, 0.05) is 22.0 Å². The maximum Gasteiger partial charge on any atom is 0.127 e. The highest BCUT2D eigenvalue weighted by atomic mass is 79.9. The third-order valence-corrected chi connectivity index (χ3v) is 5.59. The number of hydrogen-bond acceptors (Lipinski definition) is 2. The summed E-state index contributed by atoms with van der Waals surface area (Å²) < 4.78 is 13.3. The molecule has 23 heavy (non-hydrogen) atoms. The van der Waals surface area contributed by atoms with Gasteiger partial charge in [0.1, 0.15) is 17.6 Å². The fraction of sp³-hybridized carbons (Fsp3) is 0.400. The first-order valence-corrected chi connectivity index (χ1v) is 9.17. The Hall–Kier alpha value is -1.48. The minimum absolute atomic E-state index is 0.126. The summed E-state index contributed by atoms with van der Waals surface area (Å²) in [5, 5.41) is 0. The summed E-state index contributed by atoms with van der Waals surface area (Å²) in [7, 11) is 0. The van der Waals surface area contributed by atoms with Crippen LogP contribution >= 0.6 is 15.9 Å². The van der Waals surface area contributed by atoms with Gasteiger partial charge in [-0.05, 0) is 61.1 Å². The minimum atomic E-state index is 0.126. The van der Waals surface area contributed by atoms with Crippen LogP contribution in [0.1, 0.15) is 54.0 Å². The lowest BCUT2D eigenvalue weighted by Gasteiger charge is -2.28. The molecule has 1 unspecified atom stereocenters. The minimum Gasteiger partial charge on any atom is -0.493 e. The SMILES string of the molecule is CC[C@@H]1COc2cc3c(cc21)CCC(c1cc(Br)ccc1C)O3. The molecule has 0 saturated carbocycles. The van der Waals surface area contributed by atoms with Gasteiger partial charge >= 0.3 is 0 Å². The molecule has 2 atom stereocenters. The second-order valence-electron chi connectivity index (χ2n) is 6.56. The number of aryl methyl sites for hydroxylation is 2. The van der Waals surface area contributed by atoms with Gasteiger partial charge in [-0.3, -0.25) is 0 Å². The lowest BCUT2D eigenvalue weighted by Crippen LogP contribution is -2.16. The summed E-state index contributed by atoms with van der Waals surface area (Å²) in [4.78, 5) is 0. The third kappa shape index (κ3) is 2.65. The van der Waals surface area contributed by atoms with E-state index >= 15 is 0 Å². The van der Waals surface area contributed by atoms with Crippen LogP contribution in [0.25, 0.3) is 0 Å². The number of rotatable bonds is 2. The van der Waals surface area contributed by atoms with Crippen molar-refractivity contribution in [3.05, 3.63) is 57.1 Å². The lowest BCUT2D eigenvalue weighted by molar-refractivity contribution is 0.175. The standard InChI is InChI=1S/C20H21BrO2/c1-3-13-11-22-20-10-19-14(8-17(13)20)5-7-18(23-19)16-9-15(21)6-4-12(16)2/h4,6,8-10,13,18H,3,5,7,11H2,1-2H3/t13-,18?/m1/s1. The molecule has 0 saturated heterocycles. The zero-order valence-electron chi connectivity index (χ0n) is 13.6. The highest BCUT2D eigenvalue weighted by Crippen LogP contribution is 2.44. The molecule has 4 rings (SSSR count). The summed E-state index contributed by atoms with van der Waals surface area (Å²) in [6, 6.07) is 10.8. The van der Waals surface area contributed by atoms with Crippen LogP contribution < -0.4 is 9.47 Å². The number of hydrogen-bond donors (Lipinski definition) is 0. The fourth-order valence-electron chi connectivity index (χ4n) is 3.67. The normalized spacial score (nSPS) is 22.0. The van der Waals surface area contributed by atoms with Gasteiger partial charge < -0.3 is 9.47 Å². The largest absolute Gasteiger partial charge is 0.493 e. The van der Waals surface area contributed by atoms with E-state index in [4.69, 9.17) is 9.47 Å². The van der Waals surface area contributed by atoms with Gasteiger partial charge in [-0.15, -0.1) is 0 Å². The van der Waals surface area contributed by atoms with E-state index in [2.05, 4.69) is 60.1 Å². The molecule has 0 N–H and O–H groups in total. The molecule has 3 heteroatoms. The van der Waals surface area contributed by atoms with Crippen LogP contribution in [0.15, 0.2) is 34.8 Å². The quantitative estimate of drug-likeness (QED) is 0.671. The van der Waals surface area contributed by atoms with Gasteiger partial charge in [0.15, 0.2) is 0 Å². The Kier molecular flexibility index (Phi) is 3.84. The molecular weight excluding hydrogens is 352 g/mol. The molecule has 2 aromatic rings. The Morgan fingerprint density at radius 2 is 2.00 bits per heavy atom. The molecular formula is C20H21BrO2. The number of benzene rings is 2. The smallest absolute Gasteiger partial charge is 0.127 e. The van der Waals surface area contributed by atoms with E-state index in [1.807, 2.05) is 0 Å². The monoisotopic (exact) mass is 372 g/mol. The summed E-state index contributed by atoms with van der Waals surface area (Å²) >= 11 is 3.57. The van der Waals surface area contributed by atoms with Gasteiger partial charge in [0.2, 0.25) is 0 Å². The second-order valence-corrected chi connectivity index (χ2v) is 7.48. The molecule has 2 aromatic carbocycles. The third-order valence-electron chi connectivity index (χ3n) is 5.10. The Bertz CT molecular complexity index is 754. The van der Waals surface area contributed by atoms with Crippen molar-refractivity contribution in [2.45, 2.75) is 45.1 Å². The average Bonchev–Trinajstić information content (AvgIpc) is 2.96. The molecule has 120 valence electrons. The topological polar surface area (TPSA) is 18.5 Å². The number of ether oxygens (including phenoxy) is 2. The van der Waals surface area contributed by atoms with Gasteiger partial charge in [-0.1, -0.05) is 28.9 Å². The van der Waals surface area contributed by atoms with E-state index in [0.717, 1.165) is 41.8 Å². The molecule has 0 aromatic heterocycles. The molecule has 0 spiro atoms. The molecule has 0 bridgehead atoms. The van der Waals surface area contributed by atoms with Crippen LogP contribution in [0.3, 0.4) is 0 Å². The van der Waals surface area contributed by atoms with Crippen molar-refractivity contribution >= 4 is 15.9 Å². The fourth-order valence-corrected chi connectivity index (χ4v) is 4.05. The predicted octanol–water partition coefficient (Wildman–Crippen LogP) is 5.71. The van der Waals surface area contributed by atoms with Crippen LogP contribution in [0, 0.1) is 6.92 Å².